The summed E-state index contributed by atoms with van der Waals surface area (Å²) in [5.41, 5.74) is 0. The summed E-state index contributed by atoms with van der Waals surface area (Å²) in [5, 5.41) is 0. The minimum Gasteiger partial charge on any atom is -0.460 e. The molecule has 0 N–H and O–H groups in total. The molecule has 0 unspecified atom stereocenters. The molecule has 0 saturated heterocycles. The molecule has 0 amide bonds. The van der Waals surface area contributed by atoms with Crippen molar-refractivity contribution in [2.24, 2.45) is 0 Å². The van der Waals surface area contributed by atoms with Crippen molar-refractivity contribution in [2.75, 3.05) is 32.8 Å². The number of ether oxygens (including phenoxy) is 1. The highest BCUT2D eigenvalue weighted by Gasteiger charge is 2.20. The van der Waals surface area contributed by atoms with E-state index in [9.17, 15) is 4.79 Å². The van der Waals surface area contributed by atoms with E-state index in [1.54, 1.807) is 6.08 Å². The number of likely N-dealkylation sites (N-methyl/N-ethyl adjacent to an activating group) is 1. The van der Waals surface area contributed by atoms with Gasteiger partial charge in [-0.2, -0.15) is 0 Å². The lowest BCUT2D eigenvalue weighted by atomic mass is 10.3. The average Bonchev–Trinajstić information content (AvgIpc) is 2.33. The summed E-state index contributed by atoms with van der Waals surface area (Å²) < 4.78 is 6.23. The van der Waals surface area contributed by atoms with E-state index in [-0.39, 0.29) is 5.97 Å². The van der Waals surface area contributed by atoms with E-state index in [1.807, 2.05) is 0 Å². The lowest BCUT2D eigenvalue weighted by Crippen LogP contribution is -2.49. The molecule has 0 aromatic heterocycles. The fourth-order valence-electron chi connectivity index (χ4n) is 1.79. The van der Waals surface area contributed by atoms with Crippen molar-refractivity contribution in [1.82, 2.24) is 0 Å². The van der Waals surface area contributed by atoms with Crippen LogP contribution in [0, 0.1) is 0 Å². The number of carbonyl (C=O) groups is 1. The molecule has 0 radical (unpaired) electrons. The third kappa shape index (κ3) is 5.31. The Morgan fingerprint density at radius 3 is 2.25 bits per heavy atom. The van der Waals surface area contributed by atoms with Crippen LogP contribution in [0.25, 0.3) is 0 Å². The molecule has 0 saturated carbocycles. The van der Waals surface area contributed by atoms with Crippen molar-refractivity contribution in [2.45, 2.75) is 33.6 Å². The van der Waals surface area contributed by atoms with Crippen LogP contribution in [-0.4, -0.2) is 43.2 Å². The Labute approximate surface area is 99.7 Å². The van der Waals surface area contributed by atoms with Gasteiger partial charge in [0.25, 0.3) is 0 Å². The molecule has 0 spiro atoms. The van der Waals surface area contributed by atoms with Gasteiger partial charge in [0.15, 0.2) is 0 Å². The molecule has 0 aromatic rings. The SMILES string of the molecule is C=CCCC(=O)OCC[N+](CC)(CC)CC. The molecule has 0 bridgehead atoms. The maximum Gasteiger partial charge on any atom is 0.306 e. The Bertz CT molecular complexity index is 202. The first-order valence-corrected chi connectivity index (χ1v) is 6.25. The Morgan fingerprint density at radius 2 is 1.81 bits per heavy atom. The summed E-state index contributed by atoms with van der Waals surface area (Å²) in [6.07, 6.45) is 2.90. The minimum atomic E-state index is -0.110. The molecule has 3 nitrogen and oxygen atoms in total. The molecule has 3 heteroatoms. The quantitative estimate of drug-likeness (QED) is 0.344. The number of quaternary nitrogens is 1. The number of allylic oxidation sites excluding steroid dienone is 1. The van der Waals surface area contributed by atoms with Crippen molar-refractivity contribution >= 4 is 5.97 Å². The van der Waals surface area contributed by atoms with Gasteiger partial charge in [-0.05, 0) is 27.2 Å². The van der Waals surface area contributed by atoms with Gasteiger partial charge in [0.05, 0.1) is 19.6 Å². The van der Waals surface area contributed by atoms with E-state index >= 15 is 0 Å². The molecule has 0 aromatic carbocycles. The summed E-state index contributed by atoms with van der Waals surface area (Å²) in [7, 11) is 0. The standard InChI is InChI=1S/C13H26NO2/c1-5-9-10-13(15)16-12-11-14(6-2,7-3)8-4/h5H,1,6-12H2,2-4H3/q+1. The topological polar surface area (TPSA) is 26.3 Å². The van der Waals surface area contributed by atoms with Gasteiger partial charge in [0.2, 0.25) is 0 Å². The van der Waals surface area contributed by atoms with E-state index in [4.69, 9.17) is 4.74 Å². The van der Waals surface area contributed by atoms with Crippen LogP contribution in [0.1, 0.15) is 33.6 Å². The van der Waals surface area contributed by atoms with Crippen LogP contribution < -0.4 is 0 Å². The fourth-order valence-corrected chi connectivity index (χ4v) is 1.79. The third-order valence-corrected chi connectivity index (χ3v) is 3.39. The summed E-state index contributed by atoms with van der Waals surface area (Å²) in [6.45, 7) is 14.9. The maximum atomic E-state index is 11.3. The molecule has 16 heavy (non-hydrogen) atoms. The number of hydrogen-bond acceptors (Lipinski definition) is 2. The van der Waals surface area contributed by atoms with Crippen molar-refractivity contribution in [1.29, 1.82) is 0 Å². The van der Waals surface area contributed by atoms with Crippen LogP contribution in [-0.2, 0) is 9.53 Å². The van der Waals surface area contributed by atoms with Crippen LogP contribution in [0.2, 0.25) is 0 Å². The Morgan fingerprint density at radius 1 is 1.25 bits per heavy atom. The molecule has 0 aliphatic rings. The van der Waals surface area contributed by atoms with Crippen molar-refractivity contribution in [3.63, 3.8) is 0 Å². The van der Waals surface area contributed by atoms with Gasteiger partial charge in [-0.25, -0.2) is 0 Å². The lowest BCUT2D eigenvalue weighted by molar-refractivity contribution is -0.923. The van der Waals surface area contributed by atoms with Crippen LogP contribution >= 0.6 is 0 Å². The Balaban J connectivity index is 3.85. The summed E-state index contributed by atoms with van der Waals surface area (Å²) in [6, 6.07) is 0. The zero-order valence-corrected chi connectivity index (χ0v) is 11.0. The number of hydrogen-bond donors (Lipinski definition) is 0. The molecule has 0 aliphatic heterocycles. The molecular weight excluding hydrogens is 202 g/mol. The van der Waals surface area contributed by atoms with Gasteiger partial charge in [-0.3, -0.25) is 4.79 Å². The summed E-state index contributed by atoms with van der Waals surface area (Å²) >= 11 is 0. The fraction of sp³-hybridized carbons (Fsp3) is 0.769. The molecule has 0 rings (SSSR count). The zero-order chi connectivity index (χ0) is 12.4. The number of rotatable bonds is 9. The number of carbonyl (C=O) groups excluding carboxylic acids is 1. The van der Waals surface area contributed by atoms with Gasteiger partial charge in [0.1, 0.15) is 13.2 Å². The predicted octanol–water partition coefficient (Wildman–Crippen LogP) is 2.37. The Hall–Kier alpha value is -0.830. The van der Waals surface area contributed by atoms with E-state index in [1.165, 1.54) is 0 Å². The number of esters is 1. The highest BCUT2D eigenvalue weighted by atomic mass is 16.5. The first-order valence-electron chi connectivity index (χ1n) is 6.25. The van der Waals surface area contributed by atoms with Crippen molar-refractivity contribution < 1.29 is 14.0 Å². The van der Waals surface area contributed by atoms with Gasteiger partial charge in [-0.1, -0.05) is 6.08 Å². The van der Waals surface area contributed by atoms with Gasteiger partial charge in [0, 0.05) is 6.42 Å². The zero-order valence-electron chi connectivity index (χ0n) is 11.0. The molecule has 0 aliphatic carbocycles. The van der Waals surface area contributed by atoms with Crippen molar-refractivity contribution in [3.8, 4) is 0 Å². The van der Waals surface area contributed by atoms with Gasteiger partial charge in [-0.15, -0.1) is 6.58 Å². The monoisotopic (exact) mass is 228 g/mol. The predicted molar refractivity (Wildman–Crippen MR) is 67.1 cm³/mol. The van der Waals surface area contributed by atoms with Gasteiger partial charge >= 0.3 is 5.97 Å². The Kier molecular flexibility index (Phi) is 7.90. The van der Waals surface area contributed by atoms with Crippen LogP contribution in [0.15, 0.2) is 12.7 Å². The first kappa shape index (κ1) is 15.2. The van der Waals surface area contributed by atoms with E-state index in [2.05, 4.69) is 27.4 Å². The van der Waals surface area contributed by atoms with E-state index in [0.29, 0.717) is 19.4 Å². The van der Waals surface area contributed by atoms with E-state index < -0.39 is 0 Å². The normalized spacial score (nSPS) is 11.2. The van der Waals surface area contributed by atoms with E-state index in [0.717, 1.165) is 30.7 Å². The molecule has 0 atom stereocenters. The molecule has 0 fully saturated rings. The summed E-state index contributed by atoms with van der Waals surface area (Å²) in [5.74, 6) is -0.110. The number of nitrogens with zero attached hydrogens (tertiary/aromatic N) is 1. The van der Waals surface area contributed by atoms with Crippen molar-refractivity contribution in [3.05, 3.63) is 12.7 Å². The lowest BCUT2D eigenvalue weighted by Gasteiger charge is -2.35. The minimum absolute atomic E-state index is 0.110. The van der Waals surface area contributed by atoms with Gasteiger partial charge < -0.3 is 9.22 Å². The smallest absolute Gasteiger partial charge is 0.306 e. The van der Waals surface area contributed by atoms with Crippen LogP contribution in [0.4, 0.5) is 0 Å². The van der Waals surface area contributed by atoms with Crippen LogP contribution in [0.5, 0.6) is 0 Å². The largest absolute Gasteiger partial charge is 0.460 e. The molecule has 94 valence electrons. The second kappa shape index (κ2) is 8.34. The third-order valence-electron chi connectivity index (χ3n) is 3.39. The second-order valence-corrected chi connectivity index (χ2v) is 4.06. The highest BCUT2D eigenvalue weighted by Crippen LogP contribution is 2.05. The first-order chi connectivity index (χ1) is 7.64. The molecule has 0 heterocycles. The highest BCUT2D eigenvalue weighted by molar-refractivity contribution is 5.69. The molecular formula is C13H26NO2+. The van der Waals surface area contributed by atoms with Crippen LogP contribution in [0.3, 0.4) is 0 Å². The second-order valence-electron chi connectivity index (χ2n) is 4.06. The maximum absolute atomic E-state index is 11.3. The summed E-state index contributed by atoms with van der Waals surface area (Å²) in [4.78, 5) is 11.3. The average molecular weight is 228 g/mol.